The van der Waals surface area contributed by atoms with Crippen LogP contribution in [0.15, 0.2) is 29.3 Å². The van der Waals surface area contributed by atoms with Gasteiger partial charge in [-0.1, -0.05) is 26.0 Å². The van der Waals surface area contributed by atoms with Crippen LogP contribution < -0.4 is 16.0 Å². The third kappa shape index (κ3) is 10.1. The highest BCUT2D eigenvalue weighted by Crippen LogP contribution is 2.14. The Morgan fingerprint density at radius 2 is 1.94 bits per heavy atom. The molecule has 1 heterocycles. The van der Waals surface area contributed by atoms with Crippen molar-refractivity contribution in [2.75, 3.05) is 31.6 Å². The Morgan fingerprint density at radius 1 is 1.22 bits per heavy atom. The number of ether oxygens (including phenoxy) is 1. The van der Waals surface area contributed by atoms with Crippen LogP contribution in [0.3, 0.4) is 0 Å². The summed E-state index contributed by atoms with van der Waals surface area (Å²) in [5.41, 5.74) is 1.82. The lowest BCUT2D eigenvalue weighted by atomic mass is 10.1. The predicted octanol–water partition coefficient (Wildman–Crippen LogP) is 3.97. The van der Waals surface area contributed by atoms with Crippen molar-refractivity contribution in [2.45, 2.75) is 59.5 Å². The van der Waals surface area contributed by atoms with E-state index in [1.54, 1.807) is 4.90 Å². The molecule has 1 aliphatic heterocycles. The molecule has 3 N–H and O–H groups in total. The van der Waals surface area contributed by atoms with Gasteiger partial charge in [0.1, 0.15) is 0 Å². The van der Waals surface area contributed by atoms with Gasteiger partial charge in [-0.05, 0) is 50.3 Å². The molecular formula is C23H38IN5O3. The van der Waals surface area contributed by atoms with Crippen molar-refractivity contribution < 1.29 is 14.3 Å². The smallest absolute Gasteiger partial charge is 0.409 e. The van der Waals surface area contributed by atoms with Gasteiger partial charge in [-0.3, -0.25) is 4.79 Å². The molecule has 2 amide bonds. The molecule has 0 saturated carbocycles. The maximum atomic E-state index is 12.0. The maximum Gasteiger partial charge on any atom is 0.409 e. The van der Waals surface area contributed by atoms with Crippen molar-refractivity contribution in [3.63, 3.8) is 0 Å². The first-order chi connectivity index (χ1) is 14.9. The molecule has 0 aromatic heterocycles. The van der Waals surface area contributed by atoms with E-state index in [2.05, 4.69) is 16.0 Å². The van der Waals surface area contributed by atoms with Crippen LogP contribution >= 0.6 is 24.0 Å². The fraction of sp³-hybridized carbons (Fsp3) is 0.609. The molecule has 0 radical (unpaired) electrons. The lowest BCUT2D eigenvalue weighted by molar-refractivity contribution is -0.116. The number of piperidine rings is 1. The van der Waals surface area contributed by atoms with Gasteiger partial charge >= 0.3 is 6.09 Å². The van der Waals surface area contributed by atoms with Crippen LogP contribution in [0.4, 0.5) is 10.5 Å². The van der Waals surface area contributed by atoms with Crippen LogP contribution in [0, 0.1) is 5.92 Å². The Hall–Kier alpha value is -2.04. The third-order valence-electron chi connectivity index (χ3n) is 4.93. The van der Waals surface area contributed by atoms with Gasteiger partial charge in [0.15, 0.2) is 5.96 Å². The summed E-state index contributed by atoms with van der Waals surface area (Å²) < 4.78 is 5.08. The van der Waals surface area contributed by atoms with Crippen molar-refractivity contribution in [3.8, 4) is 0 Å². The minimum Gasteiger partial charge on any atom is -0.450 e. The number of hydrogen-bond acceptors (Lipinski definition) is 4. The van der Waals surface area contributed by atoms with E-state index in [4.69, 9.17) is 9.73 Å². The number of halogens is 1. The normalized spacial score (nSPS) is 14.5. The highest BCUT2D eigenvalue weighted by atomic mass is 127. The summed E-state index contributed by atoms with van der Waals surface area (Å²) in [4.78, 5) is 30.3. The number of nitrogens with one attached hydrogen (secondary N) is 3. The molecule has 1 aliphatic rings. The molecule has 0 aliphatic carbocycles. The van der Waals surface area contributed by atoms with Crippen molar-refractivity contribution >= 4 is 47.6 Å². The largest absolute Gasteiger partial charge is 0.450 e. The monoisotopic (exact) mass is 559 g/mol. The number of carbonyl (C=O) groups is 2. The van der Waals surface area contributed by atoms with E-state index >= 15 is 0 Å². The minimum atomic E-state index is -0.234. The van der Waals surface area contributed by atoms with E-state index in [0.29, 0.717) is 38.6 Å². The molecule has 2 rings (SSSR count). The van der Waals surface area contributed by atoms with E-state index in [1.165, 1.54) is 0 Å². The average Bonchev–Trinajstić information content (AvgIpc) is 2.72. The first kappa shape index (κ1) is 28.0. The minimum absolute atomic E-state index is 0. The molecule has 0 unspecified atom stereocenters. The van der Waals surface area contributed by atoms with Gasteiger partial charge in [-0.2, -0.15) is 0 Å². The number of likely N-dealkylation sites (tertiary alicyclic amines) is 1. The molecule has 0 atom stereocenters. The maximum absolute atomic E-state index is 12.0. The fourth-order valence-corrected chi connectivity index (χ4v) is 3.44. The Bertz CT molecular complexity index is 749. The zero-order valence-corrected chi connectivity index (χ0v) is 22.0. The lowest BCUT2D eigenvalue weighted by Crippen LogP contribution is -2.49. The Balaban J connectivity index is 0.00000512. The second-order valence-electron chi connectivity index (χ2n) is 8.15. The molecule has 8 nitrogen and oxygen atoms in total. The van der Waals surface area contributed by atoms with Gasteiger partial charge in [-0.25, -0.2) is 9.79 Å². The quantitative estimate of drug-likeness (QED) is 0.255. The summed E-state index contributed by atoms with van der Waals surface area (Å²) in [6, 6.07) is 8.05. The van der Waals surface area contributed by atoms with Gasteiger partial charge < -0.3 is 25.6 Å². The molecule has 1 saturated heterocycles. The second-order valence-corrected chi connectivity index (χ2v) is 8.15. The molecule has 1 aromatic rings. The van der Waals surface area contributed by atoms with Crippen molar-refractivity contribution in [1.82, 2.24) is 15.5 Å². The van der Waals surface area contributed by atoms with Gasteiger partial charge in [0.2, 0.25) is 5.91 Å². The summed E-state index contributed by atoms with van der Waals surface area (Å²) >= 11 is 0. The number of nitrogens with zero attached hydrogens (tertiary/aromatic N) is 2. The zero-order valence-electron chi connectivity index (χ0n) is 19.6. The molecule has 1 fully saturated rings. The standard InChI is InChI=1S/C23H37N5O3.HI/c1-5-24-22(27-19-10-12-28(13-11-19)23(30)31-6-2)25-16-18-8-7-9-20(15-18)26-21(29)14-17(3)4;/h7-9,15,17,19H,5-6,10-14,16H2,1-4H3,(H,26,29)(H2,24,25,27);1H. The van der Waals surface area contributed by atoms with Gasteiger partial charge in [-0.15, -0.1) is 24.0 Å². The Kier molecular flexibility index (Phi) is 13.0. The number of carbonyl (C=O) groups excluding carboxylic acids is 2. The number of guanidine groups is 1. The summed E-state index contributed by atoms with van der Waals surface area (Å²) in [5, 5.41) is 9.72. The molecule has 0 spiro atoms. The number of anilines is 1. The zero-order chi connectivity index (χ0) is 22.6. The molecule has 1 aromatic carbocycles. The molecular weight excluding hydrogens is 521 g/mol. The molecule has 0 bridgehead atoms. The highest BCUT2D eigenvalue weighted by Gasteiger charge is 2.24. The predicted molar refractivity (Wildman–Crippen MR) is 140 cm³/mol. The molecule has 180 valence electrons. The SMILES string of the molecule is CCNC(=NCc1cccc(NC(=O)CC(C)C)c1)NC1CCN(C(=O)OCC)CC1.I. The van der Waals surface area contributed by atoms with Crippen LogP contribution in [0.5, 0.6) is 0 Å². The fourth-order valence-electron chi connectivity index (χ4n) is 3.44. The van der Waals surface area contributed by atoms with Crippen LogP contribution in [0.25, 0.3) is 0 Å². The number of rotatable bonds is 8. The van der Waals surface area contributed by atoms with Crippen molar-refractivity contribution in [2.24, 2.45) is 10.9 Å². The summed E-state index contributed by atoms with van der Waals surface area (Å²) in [6.07, 6.45) is 1.97. The topological polar surface area (TPSA) is 95.1 Å². The first-order valence-electron chi connectivity index (χ1n) is 11.3. The van der Waals surface area contributed by atoms with E-state index in [-0.39, 0.29) is 42.0 Å². The summed E-state index contributed by atoms with van der Waals surface area (Å²) in [6.45, 7) is 10.9. The Morgan fingerprint density at radius 3 is 2.56 bits per heavy atom. The first-order valence-corrected chi connectivity index (χ1v) is 11.3. The van der Waals surface area contributed by atoms with Crippen LogP contribution in [-0.2, 0) is 16.1 Å². The number of benzene rings is 1. The van der Waals surface area contributed by atoms with E-state index in [9.17, 15) is 9.59 Å². The van der Waals surface area contributed by atoms with Crippen LogP contribution in [-0.4, -0.2) is 55.1 Å². The second kappa shape index (κ2) is 14.9. The lowest BCUT2D eigenvalue weighted by Gasteiger charge is -2.32. The van der Waals surface area contributed by atoms with Crippen molar-refractivity contribution in [1.29, 1.82) is 0 Å². The highest BCUT2D eigenvalue weighted by molar-refractivity contribution is 14.0. The third-order valence-corrected chi connectivity index (χ3v) is 4.93. The van der Waals surface area contributed by atoms with E-state index in [1.807, 2.05) is 52.0 Å². The van der Waals surface area contributed by atoms with Crippen LogP contribution in [0.1, 0.15) is 52.5 Å². The molecule has 9 heteroatoms. The van der Waals surface area contributed by atoms with Crippen molar-refractivity contribution in [3.05, 3.63) is 29.8 Å². The number of aliphatic imine (C=N–C) groups is 1. The molecule has 32 heavy (non-hydrogen) atoms. The Labute approximate surface area is 209 Å². The number of amides is 2. The summed E-state index contributed by atoms with van der Waals surface area (Å²) in [5.74, 6) is 1.11. The number of hydrogen-bond donors (Lipinski definition) is 3. The van der Waals surface area contributed by atoms with Crippen LogP contribution in [0.2, 0.25) is 0 Å². The van der Waals surface area contributed by atoms with E-state index in [0.717, 1.165) is 36.6 Å². The summed E-state index contributed by atoms with van der Waals surface area (Å²) in [7, 11) is 0. The van der Waals surface area contributed by atoms with Gasteiger partial charge in [0.25, 0.3) is 0 Å². The average molecular weight is 559 g/mol. The van der Waals surface area contributed by atoms with Gasteiger partial charge in [0.05, 0.1) is 13.2 Å². The van der Waals surface area contributed by atoms with Gasteiger partial charge in [0, 0.05) is 37.8 Å². The van der Waals surface area contributed by atoms with E-state index < -0.39 is 0 Å².